The molecule has 1 amide bonds. The summed E-state index contributed by atoms with van der Waals surface area (Å²) in [6.45, 7) is 2.22. The number of fused-ring (bicyclic) bond motifs is 1. The first-order chi connectivity index (χ1) is 15.8. The van der Waals surface area contributed by atoms with Gasteiger partial charge in [-0.2, -0.15) is 4.31 Å². The number of halogens is 1. The highest BCUT2D eigenvalue weighted by Crippen LogP contribution is 2.33. The van der Waals surface area contributed by atoms with Crippen molar-refractivity contribution in [2.45, 2.75) is 30.3 Å². The quantitative estimate of drug-likeness (QED) is 0.583. The summed E-state index contributed by atoms with van der Waals surface area (Å²) in [6.07, 6.45) is 5.31. The Labute approximate surface area is 202 Å². The number of benzene rings is 1. The largest absolute Gasteiger partial charge is 0.345 e. The Kier molecular flexibility index (Phi) is 6.21. The standard InChI is InChI=1S/C22H26ClN5O3S2/c1-26-7-3-2-4-18(26)19-14-24-21(32-19)22(29)27-8-10-28(11-9-27)33(30,31)20-13-15-12-16(23)5-6-17(15)25-20/h5-6,12-14,18,25H,2-4,7-11H2,1H3. The monoisotopic (exact) mass is 507 g/mol. The number of hydrogen-bond acceptors (Lipinski definition) is 6. The van der Waals surface area contributed by atoms with Crippen LogP contribution in [0.25, 0.3) is 10.9 Å². The number of H-pyrrole nitrogens is 1. The van der Waals surface area contributed by atoms with Gasteiger partial charge in [0.1, 0.15) is 5.03 Å². The van der Waals surface area contributed by atoms with Crippen LogP contribution in [0.4, 0.5) is 0 Å². The Morgan fingerprint density at radius 3 is 2.70 bits per heavy atom. The van der Waals surface area contributed by atoms with Crippen molar-refractivity contribution >= 4 is 49.8 Å². The lowest BCUT2D eigenvalue weighted by Gasteiger charge is -2.33. The highest BCUT2D eigenvalue weighted by atomic mass is 35.5. The van der Waals surface area contributed by atoms with Crippen molar-refractivity contribution in [2.24, 2.45) is 0 Å². The van der Waals surface area contributed by atoms with E-state index in [0.717, 1.165) is 28.7 Å². The first kappa shape index (κ1) is 22.8. The van der Waals surface area contributed by atoms with Gasteiger partial charge in [0.25, 0.3) is 15.9 Å². The molecule has 1 atom stereocenters. The molecule has 0 aliphatic carbocycles. The van der Waals surface area contributed by atoms with E-state index < -0.39 is 10.0 Å². The first-order valence-electron chi connectivity index (χ1n) is 11.1. The molecule has 0 bridgehead atoms. The van der Waals surface area contributed by atoms with Gasteiger partial charge in [0.2, 0.25) is 0 Å². The molecule has 1 N–H and O–H groups in total. The number of carbonyl (C=O) groups is 1. The number of carbonyl (C=O) groups excluding carboxylic acids is 1. The normalized spacial score (nSPS) is 21.0. The Morgan fingerprint density at radius 1 is 1.15 bits per heavy atom. The Morgan fingerprint density at radius 2 is 1.94 bits per heavy atom. The molecular weight excluding hydrogens is 482 g/mol. The van der Waals surface area contributed by atoms with Gasteiger partial charge in [-0.25, -0.2) is 13.4 Å². The highest BCUT2D eigenvalue weighted by Gasteiger charge is 2.33. The second-order valence-electron chi connectivity index (χ2n) is 8.62. The number of likely N-dealkylation sites (tertiary alicyclic amines) is 1. The van der Waals surface area contributed by atoms with Crippen LogP contribution in [0.1, 0.15) is 40.0 Å². The summed E-state index contributed by atoms with van der Waals surface area (Å²) in [4.78, 5) is 25.6. The van der Waals surface area contributed by atoms with E-state index in [2.05, 4.69) is 21.9 Å². The van der Waals surface area contributed by atoms with Gasteiger partial charge in [0.15, 0.2) is 5.01 Å². The number of piperidine rings is 1. The minimum atomic E-state index is -3.69. The number of sulfonamides is 1. The zero-order valence-corrected chi connectivity index (χ0v) is 20.7. The highest BCUT2D eigenvalue weighted by molar-refractivity contribution is 7.89. The number of nitrogens with zero attached hydrogens (tertiary/aromatic N) is 4. The molecule has 11 heteroatoms. The minimum absolute atomic E-state index is 0.123. The van der Waals surface area contributed by atoms with Crippen LogP contribution in [0.15, 0.2) is 35.5 Å². The summed E-state index contributed by atoms with van der Waals surface area (Å²) in [5, 5.41) is 1.92. The van der Waals surface area contributed by atoms with E-state index in [4.69, 9.17) is 11.6 Å². The summed E-state index contributed by atoms with van der Waals surface area (Å²) in [5.41, 5.74) is 0.718. The van der Waals surface area contributed by atoms with Crippen LogP contribution < -0.4 is 0 Å². The summed E-state index contributed by atoms with van der Waals surface area (Å²) in [5.74, 6) is -0.123. The van der Waals surface area contributed by atoms with E-state index in [-0.39, 0.29) is 24.0 Å². The van der Waals surface area contributed by atoms with Gasteiger partial charge in [0, 0.05) is 59.2 Å². The molecule has 5 rings (SSSR count). The molecule has 176 valence electrons. The van der Waals surface area contributed by atoms with Crippen LogP contribution in [0, 0.1) is 0 Å². The SMILES string of the molecule is CN1CCCCC1c1cnc(C(=O)N2CCN(S(=O)(=O)c3cc4cc(Cl)ccc4[nH]3)CC2)s1. The van der Waals surface area contributed by atoms with Gasteiger partial charge in [-0.3, -0.25) is 9.69 Å². The minimum Gasteiger partial charge on any atom is -0.345 e. The number of amides is 1. The van der Waals surface area contributed by atoms with Crippen molar-refractivity contribution < 1.29 is 13.2 Å². The molecule has 0 spiro atoms. The Hall–Kier alpha value is -1.98. The maximum absolute atomic E-state index is 13.1. The van der Waals surface area contributed by atoms with Crippen molar-refractivity contribution in [3.05, 3.63) is 45.4 Å². The number of hydrogen-bond donors (Lipinski definition) is 1. The molecule has 2 aromatic heterocycles. The molecule has 0 radical (unpaired) electrons. The first-order valence-corrected chi connectivity index (χ1v) is 13.7. The van der Waals surface area contributed by atoms with Crippen LogP contribution in [0.2, 0.25) is 5.02 Å². The van der Waals surface area contributed by atoms with Crippen LogP contribution in [-0.4, -0.2) is 78.2 Å². The van der Waals surface area contributed by atoms with E-state index in [9.17, 15) is 13.2 Å². The van der Waals surface area contributed by atoms with E-state index in [1.807, 2.05) is 6.20 Å². The molecule has 3 aromatic rings. The van der Waals surface area contributed by atoms with Crippen molar-refractivity contribution in [1.29, 1.82) is 0 Å². The van der Waals surface area contributed by atoms with Crippen LogP contribution in [-0.2, 0) is 10.0 Å². The topological polar surface area (TPSA) is 89.6 Å². The third-order valence-corrected chi connectivity index (χ3v) is 9.65. The summed E-state index contributed by atoms with van der Waals surface area (Å²) in [6, 6.07) is 7.15. The lowest BCUT2D eigenvalue weighted by Crippen LogP contribution is -2.50. The molecule has 2 aliphatic rings. The molecule has 0 saturated carbocycles. The van der Waals surface area contributed by atoms with Crippen molar-refractivity contribution in [3.8, 4) is 0 Å². The Bertz CT molecular complexity index is 1280. The van der Waals surface area contributed by atoms with Gasteiger partial charge < -0.3 is 9.88 Å². The smallest absolute Gasteiger partial charge is 0.282 e. The number of rotatable bonds is 4. The van der Waals surface area contributed by atoms with E-state index in [1.54, 1.807) is 29.2 Å². The second-order valence-corrected chi connectivity index (χ2v) is 12.0. The van der Waals surface area contributed by atoms with Crippen molar-refractivity contribution in [1.82, 2.24) is 24.1 Å². The lowest BCUT2D eigenvalue weighted by atomic mass is 10.0. The molecule has 1 unspecified atom stereocenters. The molecule has 1 aromatic carbocycles. The fourth-order valence-corrected chi connectivity index (χ4v) is 7.30. The fraction of sp³-hybridized carbons (Fsp3) is 0.455. The average molecular weight is 508 g/mol. The van der Waals surface area contributed by atoms with Gasteiger partial charge in [0.05, 0.1) is 0 Å². The summed E-state index contributed by atoms with van der Waals surface area (Å²) in [7, 11) is -1.57. The zero-order chi connectivity index (χ0) is 23.2. The molecular formula is C22H26ClN5O3S2. The summed E-state index contributed by atoms with van der Waals surface area (Å²) >= 11 is 7.48. The van der Waals surface area contributed by atoms with Crippen LogP contribution >= 0.6 is 22.9 Å². The molecule has 2 saturated heterocycles. The molecule has 8 nitrogen and oxygen atoms in total. The number of nitrogens with one attached hydrogen (secondary N) is 1. The average Bonchev–Trinajstić information content (AvgIpc) is 3.46. The molecule has 2 aliphatic heterocycles. The number of piperazine rings is 1. The fourth-order valence-electron chi connectivity index (χ4n) is 4.60. The van der Waals surface area contributed by atoms with Gasteiger partial charge in [-0.15, -0.1) is 11.3 Å². The third kappa shape index (κ3) is 4.42. The maximum Gasteiger partial charge on any atom is 0.282 e. The van der Waals surface area contributed by atoms with Gasteiger partial charge in [-0.05, 0) is 50.7 Å². The number of aromatic nitrogens is 2. The van der Waals surface area contributed by atoms with Crippen molar-refractivity contribution in [2.75, 3.05) is 39.8 Å². The maximum atomic E-state index is 13.1. The molecule has 33 heavy (non-hydrogen) atoms. The van der Waals surface area contributed by atoms with E-state index in [0.29, 0.717) is 29.2 Å². The molecule has 4 heterocycles. The van der Waals surface area contributed by atoms with Crippen LogP contribution in [0.3, 0.4) is 0 Å². The van der Waals surface area contributed by atoms with Crippen molar-refractivity contribution in [3.63, 3.8) is 0 Å². The number of thiazole rings is 1. The van der Waals surface area contributed by atoms with Gasteiger partial charge >= 0.3 is 0 Å². The van der Waals surface area contributed by atoms with E-state index in [1.165, 1.54) is 28.5 Å². The second kappa shape index (κ2) is 8.99. The predicted octanol–water partition coefficient (Wildman–Crippen LogP) is 3.58. The zero-order valence-electron chi connectivity index (χ0n) is 18.3. The van der Waals surface area contributed by atoms with Crippen LogP contribution in [0.5, 0.6) is 0 Å². The molecule has 2 fully saturated rings. The lowest BCUT2D eigenvalue weighted by molar-refractivity contribution is 0.0697. The predicted molar refractivity (Wildman–Crippen MR) is 129 cm³/mol. The summed E-state index contributed by atoms with van der Waals surface area (Å²) < 4.78 is 27.7. The van der Waals surface area contributed by atoms with Gasteiger partial charge in [-0.1, -0.05) is 18.0 Å². The third-order valence-electron chi connectivity index (χ3n) is 6.51. The Balaban J connectivity index is 1.25. The number of aromatic amines is 1. The van der Waals surface area contributed by atoms with E-state index >= 15 is 0 Å².